The number of fused-ring (bicyclic) bond motifs is 5. The quantitative estimate of drug-likeness (QED) is 0.413. The molecule has 5 heteroatoms. The van der Waals surface area contributed by atoms with E-state index in [1.165, 1.54) is 16.3 Å². The molecule has 2 N–H and O–H groups in total. The van der Waals surface area contributed by atoms with Gasteiger partial charge in [-0.05, 0) is 80.7 Å². The Hall–Kier alpha value is -2.53. The average molecular weight is 494 g/mol. The Morgan fingerprint density at radius 1 is 1.19 bits per heavy atom. The molecule has 0 saturated heterocycles. The molecule has 1 aliphatic carbocycles. The lowest BCUT2D eigenvalue weighted by atomic mass is 9.60. The minimum Gasteiger partial charge on any atom is -0.503 e. The molecule has 0 aromatic heterocycles. The number of hydrogen-bond donors (Lipinski definition) is 2. The molecule has 1 heterocycles. The number of hydrogen-bond acceptors (Lipinski definition) is 4. The van der Waals surface area contributed by atoms with Crippen LogP contribution < -0.4 is 10.1 Å². The molecule has 1 aliphatic heterocycles. The molecule has 4 nitrogen and oxygen atoms in total. The van der Waals surface area contributed by atoms with Gasteiger partial charge in [-0.3, -0.25) is 4.79 Å². The highest BCUT2D eigenvalue weighted by Gasteiger charge is 2.49. The number of phenolic OH excluding ortho intramolecular Hbond substituents is 1. The van der Waals surface area contributed by atoms with E-state index in [0.717, 1.165) is 17.7 Å². The lowest BCUT2D eigenvalue weighted by molar-refractivity contribution is -0.129. The maximum absolute atomic E-state index is 13.6. The zero-order chi connectivity index (χ0) is 22.6. The van der Waals surface area contributed by atoms with Crippen LogP contribution >= 0.6 is 15.9 Å². The van der Waals surface area contributed by atoms with Crippen LogP contribution in [0.1, 0.15) is 56.7 Å². The molecule has 0 spiro atoms. The lowest BCUT2D eigenvalue weighted by Crippen LogP contribution is -2.44. The second-order valence-electron chi connectivity index (χ2n) is 9.80. The number of nitrogens with one attached hydrogen (secondary N) is 1. The number of anilines is 1. The van der Waals surface area contributed by atoms with Crippen LogP contribution in [0.2, 0.25) is 0 Å². The van der Waals surface area contributed by atoms with Gasteiger partial charge in [-0.25, -0.2) is 0 Å². The van der Waals surface area contributed by atoms with Crippen LogP contribution in [0.25, 0.3) is 10.8 Å². The van der Waals surface area contributed by atoms with Crippen LogP contribution in [0.15, 0.2) is 53.0 Å². The molecule has 0 amide bonds. The highest BCUT2D eigenvalue weighted by Crippen LogP contribution is 2.56. The van der Waals surface area contributed by atoms with Gasteiger partial charge in [0.15, 0.2) is 11.5 Å². The number of phenols is 1. The van der Waals surface area contributed by atoms with E-state index in [2.05, 4.69) is 71.5 Å². The molecule has 1 fully saturated rings. The van der Waals surface area contributed by atoms with Gasteiger partial charge in [-0.1, -0.05) is 44.2 Å². The van der Waals surface area contributed by atoms with Gasteiger partial charge in [0, 0.05) is 18.0 Å². The Labute approximate surface area is 197 Å². The monoisotopic (exact) mass is 493 g/mol. The van der Waals surface area contributed by atoms with E-state index in [1.807, 2.05) is 19.1 Å². The van der Waals surface area contributed by atoms with E-state index in [-0.39, 0.29) is 29.0 Å². The van der Waals surface area contributed by atoms with Crippen molar-refractivity contribution in [2.45, 2.75) is 45.6 Å². The van der Waals surface area contributed by atoms with Crippen LogP contribution in [-0.4, -0.2) is 17.5 Å². The van der Waals surface area contributed by atoms with Crippen LogP contribution in [0.3, 0.4) is 0 Å². The van der Waals surface area contributed by atoms with Crippen molar-refractivity contribution in [1.29, 1.82) is 0 Å². The number of carbonyl (C=O) groups excluding carboxylic acids is 1. The molecular weight excluding hydrogens is 466 g/mol. The largest absolute Gasteiger partial charge is 0.503 e. The summed E-state index contributed by atoms with van der Waals surface area (Å²) in [7, 11) is 0. The molecule has 0 radical (unpaired) electrons. The number of Topliss-reactive ketones (excluding diaryl/α,β-unsaturated/α-hetero) is 1. The maximum Gasteiger partial charge on any atom is 0.172 e. The first kappa shape index (κ1) is 21.3. The van der Waals surface area contributed by atoms with E-state index < -0.39 is 0 Å². The van der Waals surface area contributed by atoms with Crippen molar-refractivity contribution in [1.82, 2.24) is 0 Å². The summed E-state index contributed by atoms with van der Waals surface area (Å²) in [6, 6.07) is 16.3. The predicted octanol–water partition coefficient (Wildman–Crippen LogP) is 6.96. The molecule has 1 saturated carbocycles. The van der Waals surface area contributed by atoms with Gasteiger partial charge in [0.25, 0.3) is 0 Å². The molecule has 32 heavy (non-hydrogen) atoms. The number of halogens is 1. The standard InChI is InChI=1S/C27H28BrNO3/c1-4-32-22-12-16(11-19(28)26(22)31)25-24-18(13-27(2,3)14-21(24)30)23-17-8-6-5-7-15(17)9-10-20(23)29-25/h5-12,18,24-25,29,31H,4,13-14H2,1-3H3. The van der Waals surface area contributed by atoms with Crippen molar-refractivity contribution in [3.63, 3.8) is 0 Å². The van der Waals surface area contributed by atoms with E-state index in [4.69, 9.17) is 4.74 Å². The van der Waals surface area contributed by atoms with Crippen LogP contribution in [0.5, 0.6) is 11.5 Å². The number of ether oxygens (including phenoxy) is 1. The minimum atomic E-state index is -0.187. The highest BCUT2D eigenvalue weighted by atomic mass is 79.9. The van der Waals surface area contributed by atoms with Crippen molar-refractivity contribution >= 4 is 38.2 Å². The summed E-state index contributed by atoms with van der Waals surface area (Å²) in [6.45, 7) is 6.75. The van der Waals surface area contributed by atoms with E-state index in [0.29, 0.717) is 29.0 Å². The number of ketones is 1. The zero-order valence-corrected chi connectivity index (χ0v) is 20.2. The number of benzene rings is 3. The normalized spacial score (nSPS) is 23.9. The molecule has 2 aliphatic rings. The molecule has 3 unspecified atom stereocenters. The van der Waals surface area contributed by atoms with Crippen LogP contribution in [0.4, 0.5) is 5.69 Å². The summed E-state index contributed by atoms with van der Waals surface area (Å²) in [4.78, 5) is 13.6. The maximum atomic E-state index is 13.6. The Balaban J connectivity index is 1.70. The zero-order valence-electron chi connectivity index (χ0n) is 18.6. The van der Waals surface area contributed by atoms with Crippen molar-refractivity contribution in [3.8, 4) is 11.5 Å². The Morgan fingerprint density at radius 2 is 1.97 bits per heavy atom. The van der Waals surface area contributed by atoms with Gasteiger partial charge in [0.05, 0.1) is 17.1 Å². The smallest absolute Gasteiger partial charge is 0.172 e. The first-order chi connectivity index (χ1) is 15.3. The predicted molar refractivity (Wildman–Crippen MR) is 132 cm³/mol. The molecule has 3 atom stereocenters. The first-order valence-electron chi connectivity index (χ1n) is 11.2. The fourth-order valence-electron chi connectivity index (χ4n) is 5.72. The van der Waals surface area contributed by atoms with E-state index in [9.17, 15) is 9.90 Å². The van der Waals surface area contributed by atoms with Crippen LogP contribution in [0, 0.1) is 11.3 Å². The van der Waals surface area contributed by atoms with E-state index >= 15 is 0 Å². The first-order valence-corrected chi connectivity index (χ1v) is 12.0. The average Bonchev–Trinajstić information content (AvgIpc) is 2.75. The van der Waals surface area contributed by atoms with Crippen LogP contribution in [-0.2, 0) is 4.79 Å². The minimum absolute atomic E-state index is 0.0413. The summed E-state index contributed by atoms with van der Waals surface area (Å²) in [5.41, 5.74) is 3.25. The number of rotatable bonds is 3. The molecule has 5 rings (SSSR count). The van der Waals surface area contributed by atoms with Gasteiger partial charge >= 0.3 is 0 Å². The van der Waals surface area contributed by atoms with Gasteiger partial charge in [-0.15, -0.1) is 0 Å². The Kier molecular flexibility index (Phi) is 5.20. The summed E-state index contributed by atoms with van der Waals surface area (Å²) < 4.78 is 6.25. The summed E-state index contributed by atoms with van der Waals surface area (Å²) in [6.07, 6.45) is 1.53. The Bertz CT molecular complexity index is 1220. The fraction of sp³-hybridized carbons (Fsp3) is 0.370. The molecule has 3 aromatic carbocycles. The lowest BCUT2D eigenvalue weighted by Gasteiger charge is -2.47. The molecule has 166 valence electrons. The second kappa shape index (κ2) is 7.80. The summed E-state index contributed by atoms with van der Waals surface area (Å²) in [5.74, 6) is 0.770. The van der Waals surface area contributed by atoms with Crippen molar-refractivity contribution in [3.05, 3.63) is 64.1 Å². The van der Waals surface area contributed by atoms with Gasteiger partial charge in [0.1, 0.15) is 5.78 Å². The third kappa shape index (κ3) is 3.47. The number of carbonyl (C=O) groups is 1. The SMILES string of the molecule is CCOc1cc(C2Nc3ccc4ccccc4c3C3CC(C)(C)CC(=O)C32)cc(Br)c1O. The van der Waals surface area contributed by atoms with Gasteiger partial charge < -0.3 is 15.2 Å². The number of aromatic hydroxyl groups is 1. The second-order valence-corrected chi connectivity index (χ2v) is 10.7. The van der Waals surface area contributed by atoms with Crippen molar-refractivity contribution < 1.29 is 14.6 Å². The fourth-order valence-corrected chi connectivity index (χ4v) is 6.18. The molecule has 3 aromatic rings. The third-order valence-corrected chi connectivity index (χ3v) is 7.56. The van der Waals surface area contributed by atoms with Gasteiger partial charge in [-0.2, -0.15) is 0 Å². The van der Waals surface area contributed by atoms with Crippen molar-refractivity contribution in [2.24, 2.45) is 11.3 Å². The highest BCUT2D eigenvalue weighted by molar-refractivity contribution is 9.10. The summed E-state index contributed by atoms with van der Waals surface area (Å²) >= 11 is 3.48. The van der Waals surface area contributed by atoms with Crippen molar-refractivity contribution in [2.75, 3.05) is 11.9 Å². The molecule has 0 bridgehead atoms. The topological polar surface area (TPSA) is 58.6 Å². The molecular formula is C27H28BrNO3. The van der Waals surface area contributed by atoms with E-state index in [1.54, 1.807) is 0 Å². The Morgan fingerprint density at radius 3 is 2.75 bits per heavy atom. The van der Waals surface area contributed by atoms with Gasteiger partial charge in [0.2, 0.25) is 0 Å². The summed E-state index contributed by atoms with van der Waals surface area (Å²) in [5, 5.41) is 16.5. The third-order valence-electron chi connectivity index (χ3n) is 6.95.